The predicted molar refractivity (Wildman–Crippen MR) is 111 cm³/mol. The van der Waals surface area contributed by atoms with Crippen LogP contribution >= 0.6 is 0 Å². The molecule has 0 fully saturated rings. The van der Waals surface area contributed by atoms with Crippen molar-refractivity contribution in [3.63, 3.8) is 0 Å². The lowest BCUT2D eigenvalue weighted by molar-refractivity contribution is -0.757. The SMILES string of the molecule is C=C(C)[C@@H]1CCC(C)=C[C@H]1c1c(O)cc(O)cc1C(F)(F)C(=O)OCCCCO[N+](=O)[O-]. The van der Waals surface area contributed by atoms with Crippen molar-refractivity contribution < 1.29 is 38.4 Å². The molecule has 1 aromatic rings. The van der Waals surface area contributed by atoms with Crippen LogP contribution in [0.5, 0.6) is 11.5 Å². The number of aromatic hydroxyl groups is 2. The second kappa shape index (κ2) is 10.4. The molecule has 2 rings (SSSR count). The van der Waals surface area contributed by atoms with Crippen molar-refractivity contribution in [3.05, 3.63) is 57.2 Å². The summed E-state index contributed by atoms with van der Waals surface area (Å²) >= 11 is 0. The van der Waals surface area contributed by atoms with Crippen LogP contribution in [0, 0.1) is 16.0 Å². The van der Waals surface area contributed by atoms with Gasteiger partial charge in [-0.3, -0.25) is 0 Å². The predicted octanol–water partition coefficient (Wildman–Crippen LogP) is 4.74. The number of halogens is 2. The van der Waals surface area contributed by atoms with Crippen LogP contribution in [0.3, 0.4) is 0 Å². The van der Waals surface area contributed by atoms with Crippen LogP contribution in [0.2, 0.25) is 0 Å². The maximum absolute atomic E-state index is 15.2. The third-order valence-electron chi connectivity index (χ3n) is 5.42. The maximum atomic E-state index is 15.2. The average molecular weight is 455 g/mol. The first-order valence-corrected chi connectivity index (χ1v) is 10.2. The molecule has 1 aliphatic carbocycles. The van der Waals surface area contributed by atoms with Gasteiger partial charge in [0.1, 0.15) is 11.5 Å². The Hall–Kier alpha value is -3.17. The highest BCUT2D eigenvalue weighted by molar-refractivity contribution is 5.81. The Morgan fingerprint density at radius 3 is 2.59 bits per heavy atom. The highest BCUT2D eigenvalue weighted by Gasteiger charge is 2.47. The zero-order valence-electron chi connectivity index (χ0n) is 18.0. The minimum atomic E-state index is -4.15. The molecule has 0 saturated carbocycles. The molecule has 0 aliphatic heterocycles. The van der Waals surface area contributed by atoms with E-state index in [1.165, 1.54) is 0 Å². The fourth-order valence-electron chi connectivity index (χ4n) is 3.85. The van der Waals surface area contributed by atoms with Gasteiger partial charge in [0, 0.05) is 23.1 Å². The second-order valence-corrected chi connectivity index (χ2v) is 7.93. The number of rotatable bonds is 10. The lowest BCUT2D eigenvalue weighted by Crippen LogP contribution is -2.31. The van der Waals surface area contributed by atoms with Gasteiger partial charge in [-0.2, -0.15) is 8.78 Å². The average Bonchev–Trinajstić information content (AvgIpc) is 2.69. The molecule has 2 atom stereocenters. The van der Waals surface area contributed by atoms with Crippen molar-refractivity contribution in [3.8, 4) is 11.5 Å². The van der Waals surface area contributed by atoms with E-state index in [2.05, 4.69) is 16.2 Å². The summed E-state index contributed by atoms with van der Waals surface area (Å²) in [5, 5.41) is 29.5. The zero-order chi connectivity index (χ0) is 24.1. The van der Waals surface area contributed by atoms with Gasteiger partial charge in [0.15, 0.2) is 0 Å². The van der Waals surface area contributed by atoms with Gasteiger partial charge >= 0.3 is 11.9 Å². The number of carbonyl (C=O) groups excluding carboxylic acids is 1. The van der Waals surface area contributed by atoms with Gasteiger partial charge in [0.25, 0.3) is 5.09 Å². The van der Waals surface area contributed by atoms with Crippen LogP contribution in [-0.2, 0) is 20.3 Å². The molecule has 10 heteroatoms. The molecular formula is C22H27F2NO7. The Labute approximate surface area is 184 Å². The number of hydrogen-bond donors (Lipinski definition) is 2. The third-order valence-corrected chi connectivity index (χ3v) is 5.42. The van der Waals surface area contributed by atoms with Gasteiger partial charge < -0.3 is 19.8 Å². The highest BCUT2D eigenvalue weighted by Crippen LogP contribution is 2.48. The number of benzene rings is 1. The number of phenolic OH excluding ortho intramolecular Hbond substituents is 2. The van der Waals surface area contributed by atoms with Crippen molar-refractivity contribution >= 4 is 5.97 Å². The fraction of sp³-hybridized carbons (Fsp3) is 0.500. The minimum Gasteiger partial charge on any atom is -0.508 e. The number of carbonyl (C=O) groups is 1. The number of unbranched alkanes of at least 4 members (excludes halogenated alkanes) is 1. The molecule has 8 nitrogen and oxygen atoms in total. The molecular weight excluding hydrogens is 428 g/mol. The molecule has 0 unspecified atom stereocenters. The monoisotopic (exact) mass is 455 g/mol. The van der Waals surface area contributed by atoms with Crippen molar-refractivity contribution in [2.24, 2.45) is 5.92 Å². The first-order chi connectivity index (χ1) is 14.9. The summed E-state index contributed by atoms with van der Waals surface area (Å²) < 4.78 is 35.0. The first-order valence-electron chi connectivity index (χ1n) is 10.2. The summed E-state index contributed by atoms with van der Waals surface area (Å²) in [7, 11) is 0. The van der Waals surface area contributed by atoms with E-state index in [1.54, 1.807) is 13.0 Å². The zero-order valence-corrected chi connectivity index (χ0v) is 18.0. The van der Waals surface area contributed by atoms with Crippen molar-refractivity contribution in [1.29, 1.82) is 0 Å². The number of phenols is 2. The molecule has 0 aromatic heterocycles. The standard InChI is InChI=1S/C22H27F2NO7/c1-13(2)16-7-6-14(3)10-17(16)20-18(11-15(26)12-19(20)27)22(23,24)21(28)31-8-4-5-9-32-25(29)30/h10-12,16-17,26-27H,1,4-9H2,2-3H3/t16-,17+/m0/s1. The molecule has 0 bridgehead atoms. The van der Waals surface area contributed by atoms with Gasteiger partial charge in [0.2, 0.25) is 0 Å². The molecule has 1 aromatic carbocycles. The summed E-state index contributed by atoms with van der Waals surface area (Å²) in [4.78, 5) is 26.4. The summed E-state index contributed by atoms with van der Waals surface area (Å²) in [5.74, 6) is -8.05. The van der Waals surface area contributed by atoms with Gasteiger partial charge in [-0.1, -0.05) is 23.8 Å². The summed E-state index contributed by atoms with van der Waals surface area (Å²) in [6.07, 6.45) is 3.38. The van der Waals surface area contributed by atoms with Crippen LogP contribution in [0.4, 0.5) is 8.78 Å². The summed E-state index contributed by atoms with van der Waals surface area (Å²) in [5.41, 5.74) is 0.712. The van der Waals surface area contributed by atoms with E-state index in [0.29, 0.717) is 6.42 Å². The molecule has 176 valence electrons. The Balaban J connectivity index is 2.31. The van der Waals surface area contributed by atoms with Gasteiger partial charge in [-0.15, -0.1) is 10.1 Å². The van der Waals surface area contributed by atoms with Crippen LogP contribution in [-0.4, -0.2) is 34.5 Å². The van der Waals surface area contributed by atoms with Gasteiger partial charge in [0.05, 0.1) is 13.2 Å². The van der Waals surface area contributed by atoms with Crippen LogP contribution in [0.1, 0.15) is 56.6 Å². The van der Waals surface area contributed by atoms with Crippen LogP contribution < -0.4 is 0 Å². The number of ether oxygens (including phenoxy) is 1. The van der Waals surface area contributed by atoms with Gasteiger partial charge in [-0.25, -0.2) is 4.79 Å². The van der Waals surface area contributed by atoms with Crippen LogP contribution in [0.15, 0.2) is 35.9 Å². The van der Waals surface area contributed by atoms with E-state index < -0.39 is 46.6 Å². The van der Waals surface area contributed by atoms with E-state index in [0.717, 1.165) is 29.7 Å². The van der Waals surface area contributed by atoms with E-state index in [9.17, 15) is 25.1 Å². The number of nitrogens with zero attached hydrogens (tertiary/aromatic N) is 1. The van der Waals surface area contributed by atoms with E-state index in [4.69, 9.17) is 0 Å². The number of esters is 1. The smallest absolute Gasteiger partial charge is 0.382 e. The van der Waals surface area contributed by atoms with E-state index >= 15 is 8.78 Å². The van der Waals surface area contributed by atoms with Crippen LogP contribution in [0.25, 0.3) is 0 Å². The topological polar surface area (TPSA) is 119 Å². The minimum absolute atomic E-state index is 0.0795. The normalized spacial score (nSPS) is 18.6. The quantitative estimate of drug-likeness (QED) is 0.172. The molecule has 0 spiro atoms. The largest absolute Gasteiger partial charge is 0.508 e. The molecule has 2 N–H and O–H groups in total. The number of hydrogen-bond acceptors (Lipinski definition) is 7. The lowest BCUT2D eigenvalue weighted by atomic mass is 9.72. The third kappa shape index (κ3) is 5.95. The lowest BCUT2D eigenvalue weighted by Gasteiger charge is -2.33. The Bertz CT molecular complexity index is 914. The summed E-state index contributed by atoms with van der Waals surface area (Å²) in [6.45, 7) is 6.92. The van der Waals surface area contributed by atoms with Crippen molar-refractivity contribution in [2.75, 3.05) is 13.2 Å². The van der Waals surface area contributed by atoms with Crippen molar-refractivity contribution in [2.45, 2.75) is 51.4 Å². The molecule has 32 heavy (non-hydrogen) atoms. The van der Waals surface area contributed by atoms with Gasteiger partial charge in [-0.05, 0) is 51.5 Å². The molecule has 0 amide bonds. The highest BCUT2D eigenvalue weighted by atomic mass is 19.3. The molecule has 0 heterocycles. The molecule has 0 radical (unpaired) electrons. The number of alkyl halides is 2. The Morgan fingerprint density at radius 1 is 1.31 bits per heavy atom. The van der Waals surface area contributed by atoms with E-state index in [1.807, 2.05) is 6.92 Å². The maximum Gasteiger partial charge on any atom is 0.382 e. The second-order valence-electron chi connectivity index (χ2n) is 7.93. The summed E-state index contributed by atoms with van der Waals surface area (Å²) in [6, 6.07) is 1.72. The Morgan fingerprint density at radius 2 is 1.97 bits per heavy atom. The first kappa shape index (κ1) is 25.1. The Kier molecular flexibility index (Phi) is 8.18. The fourth-order valence-corrected chi connectivity index (χ4v) is 3.85. The van der Waals surface area contributed by atoms with Crippen molar-refractivity contribution in [1.82, 2.24) is 0 Å². The molecule has 0 saturated heterocycles. The molecule has 1 aliphatic rings. The number of allylic oxidation sites excluding steroid dienone is 3. The van der Waals surface area contributed by atoms with E-state index in [-0.39, 0.29) is 30.9 Å².